The highest BCUT2D eigenvalue weighted by Gasteiger charge is 2.23. The van der Waals surface area contributed by atoms with Crippen molar-refractivity contribution in [3.63, 3.8) is 0 Å². The maximum absolute atomic E-state index is 13.8. The van der Waals surface area contributed by atoms with Crippen LogP contribution in [0.15, 0.2) is 61.1 Å². The molecule has 0 spiro atoms. The maximum atomic E-state index is 13.8. The van der Waals surface area contributed by atoms with Crippen LogP contribution in [-0.2, 0) is 16.0 Å². The second kappa shape index (κ2) is 12.4. The highest BCUT2D eigenvalue weighted by Crippen LogP contribution is 2.34. The second-order valence-electron chi connectivity index (χ2n) is 11.5. The molecular weight excluding hydrogens is 514 g/mol. The average Bonchev–Trinajstić information content (AvgIpc) is 3.17. The van der Waals surface area contributed by atoms with Gasteiger partial charge in [-0.25, -0.2) is 4.98 Å². The van der Waals surface area contributed by atoms with Gasteiger partial charge in [0.2, 0.25) is 5.88 Å². The van der Waals surface area contributed by atoms with Crippen LogP contribution < -0.4 is 15.0 Å². The van der Waals surface area contributed by atoms with Crippen molar-refractivity contribution in [3.05, 3.63) is 72.2 Å². The van der Waals surface area contributed by atoms with E-state index in [2.05, 4.69) is 69.4 Å². The number of ether oxygens (including phenoxy) is 2. The van der Waals surface area contributed by atoms with Gasteiger partial charge >= 0.3 is 0 Å². The van der Waals surface area contributed by atoms with E-state index >= 15 is 0 Å². The van der Waals surface area contributed by atoms with Crippen LogP contribution in [0.4, 0.5) is 11.4 Å². The SMILES string of the molecule is CC1C=C(C(=O)Nc2ccnc(OC3CCN(C)CC3)c2)c2cc(-c3cncc(N4CCOCC4)c3)ccc2CC1. The molecule has 1 N–H and O–H groups in total. The fraction of sp³-hybridized carbons (Fsp3) is 0.424. The number of allylic oxidation sites excluding steroid dienone is 1. The molecule has 6 rings (SSSR count). The van der Waals surface area contributed by atoms with Gasteiger partial charge in [-0.15, -0.1) is 0 Å². The molecule has 1 atom stereocenters. The van der Waals surface area contributed by atoms with Crippen molar-refractivity contribution in [2.24, 2.45) is 5.92 Å². The summed E-state index contributed by atoms with van der Waals surface area (Å²) < 4.78 is 11.7. The summed E-state index contributed by atoms with van der Waals surface area (Å²) in [6, 6.07) is 12.3. The van der Waals surface area contributed by atoms with Crippen molar-refractivity contribution in [1.29, 1.82) is 0 Å². The molecule has 3 aromatic rings. The normalized spacial score (nSPS) is 20.1. The van der Waals surface area contributed by atoms with Crippen molar-refractivity contribution >= 4 is 22.9 Å². The van der Waals surface area contributed by atoms with E-state index < -0.39 is 0 Å². The maximum Gasteiger partial charge on any atom is 0.255 e. The number of anilines is 2. The third kappa shape index (κ3) is 6.60. The number of nitrogens with one attached hydrogen (secondary N) is 1. The number of nitrogens with zero attached hydrogens (tertiary/aromatic N) is 4. The molecule has 0 saturated carbocycles. The van der Waals surface area contributed by atoms with Crippen molar-refractivity contribution in [2.75, 3.05) is 56.7 Å². The Labute approximate surface area is 242 Å². The molecule has 41 heavy (non-hydrogen) atoms. The monoisotopic (exact) mass is 553 g/mol. The Kier molecular flexibility index (Phi) is 8.30. The molecule has 2 fully saturated rings. The van der Waals surface area contributed by atoms with E-state index in [4.69, 9.17) is 9.47 Å². The van der Waals surface area contributed by atoms with Crippen LogP contribution >= 0.6 is 0 Å². The zero-order valence-corrected chi connectivity index (χ0v) is 24.0. The number of hydrogen-bond acceptors (Lipinski definition) is 7. The molecule has 1 amide bonds. The van der Waals surface area contributed by atoms with Crippen LogP contribution in [0.25, 0.3) is 16.7 Å². The number of rotatable bonds is 6. The zero-order valence-electron chi connectivity index (χ0n) is 24.0. The standard InChI is InChI=1S/C33H39N5O3/c1-23-3-4-24-5-6-25(26-18-28(22-34-21-26)38-13-15-40-16-14-38)19-30(24)31(17-23)33(39)36-27-7-10-35-32(20-27)41-29-8-11-37(2)12-9-29/h5-7,10,17-23,29H,3-4,8-9,11-16H2,1-2H3,(H,35,36,39). The van der Waals surface area contributed by atoms with Gasteiger partial charge < -0.3 is 24.6 Å². The third-order valence-corrected chi connectivity index (χ3v) is 8.34. The van der Waals surface area contributed by atoms with Crippen molar-refractivity contribution < 1.29 is 14.3 Å². The van der Waals surface area contributed by atoms with E-state index in [-0.39, 0.29) is 12.0 Å². The Morgan fingerprint density at radius 3 is 2.66 bits per heavy atom. The third-order valence-electron chi connectivity index (χ3n) is 8.34. The molecule has 8 nitrogen and oxygen atoms in total. The second-order valence-corrected chi connectivity index (χ2v) is 11.5. The Morgan fingerprint density at radius 2 is 1.83 bits per heavy atom. The number of fused-ring (bicyclic) bond motifs is 1. The Morgan fingerprint density at radius 1 is 1.00 bits per heavy atom. The first-order chi connectivity index (χ1) is 20.0. The van der Waals surface area contributed by atoms with Gasteiger partial charge in [0.1, 0.15) is 6.10 Å². The van der Waals surface area contributed by atoms with E-state index in [1.165, 1.54) is 5.56 Å². The van der Waals surface area contributed by atoms with Gasteiger partial charge in [-0.2, -0.15) is 0 Å². The quantitative estimate of drug-likeness (QED) is 0.457. The summed E-state index contributed by atoms with van der Waals surface area (Å²) in [5.41, 5.74) is 6.76. The fourth-order valence-electron chi connectivity index (χ4n) is 5.87. The molecule has 4 heterocycles. The predicted molar refractivity (Wildman–Crippen MR) is 162 cm³/mol. The number of hydrogen-bond donors (Lipinski definition) is 1. The summed E-state index contributed by atoms with van der Waals surface area (Å²) in [4.78, 5) is 27.4. The molecule has 8 heteroatoms. The molecule has 1 aromatic carbocycles. The minimum absolute atomic E-state index is 0.117. The number of pyridine rings is 2. The average molecular weight is 554 g/mol. The molecule has 2 aromatic heterocycles. The molecule has 3 aliphatic rings. The number of benzene rings is 1. The number of amides is 1. The molecule has 2 aliphatic heterocycles. The lowest BCUT2D eigenvalue weighted by Crippen LogP contribution is -2.36. The summed E-state index contributed by atoms with van der Waals surface area (Å²) in [6.45, 7) is 7.39. The first kappa shape index (κ1) is 27.4. The lowest BCUT2D eigenvalue weighted by molar-refractivity contribution is -0.111. The molecule has 1 aliphatic carbocycles. The number of aromatic nitrogens is 2. The number of aryl methyl sites for hydroxylation is 1. The number of morpholine rings is 1. The number of piperidine rings is 1. The van der Waals surface area contributed by atoms with Crippen molar-refractivity contribution in [1.82, 2.24) is 14.9 Å². The Balaban J connectivity index is 1.23. The minimum atomic E-state index is -0.117. The number of carbonyl (C=O) groups is 1. The summed E-state index contributed by atoms with van der Waals surface area (Å²) >= 11 is 0. The summed E-state index contributed by atoms with van der Waals surface area (Å²) in [6.07, 6.45) is 11.7. The van der Waals surface area contributed by atoms with E-state index in [9.17, 15) is 4.79 Å². The van der Waals surface area contributed by atoms with E-state index in [1.54, 1.807) is 6.20 Å². The van der Waals surface area contributed by atoms with Gasteiger partial charge in [0.05, 0.1) is 25.1 Å². The topological polar surface area (TPSA) is 79.8 Å². The molecule has 2 saturated heterocycles. The fourth-order valence-corrected chi connectivity index (χ4v) is 5.87. The van der Waals surface area contributed by atoms with Gasteiger partial charge in [0.15, 0.2) is 0 Å². The van der Waals surface area contributed by atoms with E-state index in [1.807, 2.05) is 24.5 Å². The summed E-state index contributed by atoms with van der Waals surface area (Å²) in [5.74, 6) is 0.725. The van der Waals surface area contributed by atoms with Crippen molar-refractivity contribution in [2.45, 2.75) is 38.7 Å². The number of carbonyl (C=O) groups excluding carboxylic acids is 1. The molecule has 1 unspecified atom stereocenters. The molecule has 214 valence electrons. The predicted octanol–water partition coefficient (Wildman–Crippen LogP) is 5.06. The van der Waals surface area contributed by atoms with Crippen LogP contribution in [0.2, 0.25) is 0 Å². The van der Waals surface area contributed by atoms with Gasteiger partial charge in [-0.05, 0) is 73.5 Å². The van der Waals surface area contributed by atoms with Crippen LogP contribution in [0, 0.1) is 5.92 Å². The van der Waals surface area contributed by atoms with Crippen LogP contribution in [-0.4, -0.2) is 73.3 Å². The zero-order chi connectivity index (χ0) is 28.2. The number of likely N-dealkylation sites (tertiary alicyclic amines) is 1. The lowest BCUT2D eigenvalue weighted by Gasteiger charge is -2.29. The highest BCUT2D eigenvalue weighted by atomic mass is 16.5. The molecule has 0 bridgehead atoms. The molecular formula is C33H39N5O3. The molecule has 0 radical (unpaired) electrons. The van der Waals surface area contributed by atoms with E-state index in [0.717, 1.165) is 87.5 Å². The smallest absolute Gasteiger partial charge is 0.255 e. The van der Waals surface area contributed by atoms with Gasteiger partial charge in [-0.3, -0.25) is 9.78 Å². The van der Waals surface area contributed by atoms with Gasteiger partial charge in [0.25, 0.3) is 5.91 Å². The lowest BCUT2D eigenvalue weighted by atomic mass is 9.94. The van der Waals surface area contributed by atoms with Gasteiger partial charge in [0, 0.05) is 61.5 Å². The van der Waals surface area contributed by atoms with Gasteiger partial charge in [-0.1, -0.05) is 25.1 Å². The van der Waals surface area contributed by atoms with Crippen LogP contribution in [0.3, 0.4) is 0 Å². The first-order valence-corrected chi connectivity index (χ1v) is 14.8. The van der Waals surface area contributed by atoms with Crippen LogP contribution in [0.5, 0.6) is 5.88 Å². The summed E-state index contributed by atoms with van der Waals surface area (Å²) in [7, 11) is 2.13. The van der Waals surface area contributed by atoms with E-state index in [0.29, 0.717) is 23.1 Å². The Hall–Kier alpha value is -3.75. The van der Waals surface area contributed by atoms with Crippen molar-refractivity contribution in [3.8, 4) is 17.0 Å². The summed E-state index contributed by atoms with van der Waals surface area (Å²) in [5, 5.41) is 3.13. The van der Waals surface area contributed by atoms with Crippen LogP contribution in [0.1, 0.15) is 37.3 Å². The largest absolute Gasteiger partial charge is 0.474 e. The first-order valence-electron chi connectivity index (χ1n) is 14.8. The highest BCUT2D eigenvalue weighted by molar-refractivity contribution is 6.25. The minimum Gasteiger partial charge on any atom is -0.474 e. The Bertz CT molecular complexity index is 1410.